The van der Waals surface area contributed by atoms with E-state index in [1.54, 1.807) is 6.20 Å². The van der Waals surface area contributed by atoms with E-state index >= 15 is 0 Å². The second-order valence-electron chi connectivity index (χ2n) is 4.66. The van der Waals surface area contributed by atoms with Gasteiger partial charge in [0.25, 0.3) is 0 Å². The predicted molar refractivity (Wildman–Crippen MR) is 63.4 cm³/mol. The standard InChI is InChI=1S/C12H16N4O/c1-16(9-12(17)4-2-3-5-12)11-8-14-10(6-13)7-15-11/h7-8,17H,2-5,9H2,1H3. The lowest BCUT2D eigenvalue weighted by Gasteiger charge is -2.29. The Morgan fingerprint density at radius 3 is 2.65 bits per heavy atom. The summed E-state index contributed by atoms with van der Waals surface area (Å²) in [5.41, 5.74) is -0.286. The second kappa shape index (κ2) is 4.68. The molecule has 90 valence electrons. The Labute approximate surface area is 101 Å². The van der Waals surface area contributed by atoms with Crippen LogP contribution in [0.5, 0.6) is 0 Å². The maximum Gasteiger partial charge on any atom is 0.158 e. The highest BCUT2D eigenvalue weighted by molar-refractivity contribution is 5.36. The molecular formula is C12H16N4O. The van der Waals surface area contributed by atoms with Gasteiger partial charge in [-0.2, -0.15) is 5.26 Å². The van der Waals surface area contributed by atoms with Gasteiger partial charge in [-0.25, -0.2) is 9.97 Å². The highest BCUT2D eigenvalue weighted by Crippen LogP contribution is 2.30. The van der Waals surface area contributed by atoms with E-state index < -0.39 is 5.60 Å². The van der Waals surface area contributed by atoms with Crippen LogP contribution in [0.25, 0.3) is 0 Å². The molecule has 5 heteroatoms. The summed E-state index contributed by atoms with van der Waals surface area (Å²) in [7, 11) is 1.88. The zero-order valence-electron chi connectivity index (χ0n) is 9.93. The molecule has 1 N–H and O–H groups in total. The van der Waals surface area contributed by atoms with Crippen molar-refractivity contribution >= 4 is 5.82 Å². The van der Waals surface area contributed by atoms with Crippen molar-refractivity contribution in [2.45, 2.75) is 31.3 Å². The van der Waals surface area contributed by atoms with Crippen LogP contribution in [0.4, 0.5) is 5.82 Å². The number of nitrogens with zero attached hydrogens (tertiary/aromatic N) is 4. The lowest BCUT2D eigenvalue weighted by Crippen LogP contribution is -2.39. The van der Waals surface area contributed by atoms with Crippen LogP contribution in [0, 0.1) is 11.3 Å². The number of hydrogen-bond donors (Lipinski definition) is 1. The molecule has 1 aliphatic carbocycles. The summed E-state index contributed by atoms with van der Waals surface area (Å²) in [6.07, 6.45) is 6.89. The number of hydrogen-bond acceptors (Lipinski definition) is 5. The maximum absolute atomic E-state index is 10.3. The summed E-state index contributed by atoms with van der Waals surface area (Å²) < 4.78 is 0. The first-order chi connectivity index (χ1) is 8.13. The van der Waals surface area contributed by atoms with Gasteiger partial charge in [0.1, 0.15) is 11.9 Å². The minimum Gasteiger partial charge on any atom is -0.388 e. The fourth-order valence-corrected chi connectivity index (χ4v) is 2.29. The molecule has 0 aliphatic heterocycles. The van der Waals surface area contributed by atoms with Gasteiger partial charge in [0.15, 0.2) is 5.69 Å². The maximum atomic E-state index is 10.3. The third kappa shape index (κ3) is 2.71. The molecule has 0 atom stereocenters. The Hall–Kier alpha value is -1.67. The fourth-order valence-electron chi connectivity index (χ4n) is 2.29. The third-order valence-electron chi connectivity index (χ3n) is 3.21. The lowest BCUT2D eigenvalue weighted by atomic mass is 10.0. The molecule has 1 saturated carbocycles. The quantitative estimate of drug-likeness (QED) is 0.844. The highest BCUT2D eigenvalue weighted by Gasteiger charge is 2.32. The van der Waals surface area contributed by atoms with Crippen molar-refractivity contribution in [2.24, 2.45) is 0 Å². The van der Waals surface area contributed by atoms with Gasteiger partial charge in [0.2, 0.25) is 0 Å². The van der Waals surface area contributed by atoms with Crippen molar-refractivity contribution in [2.75, 3.05) is 18.5 Å². The van der Waals surface area contributed by atoms with E-state index in [2.05, 4.69) is 9.97 Å². The number of likely N-dealkylation sites (N-methyl/N-ethyl adjacent to an activating group) is 1. The number of aliphatic hydroxyl groups is 1. The Balaban J connectivity index is 2.04. The Kier molecular flexibility index (Phi) is 3.25. The van der Waals surface area contributed by atoms with E-state index in [4.69, 9.17) is 5.26 Å². The van der Waals surface area contributed by atoms with Gasteiger partial charge in [0, 0.05) is 13.6 Å². The SMILES string of the molecule is CN(CC1(O)CCCC1)c1cnc(C#N)cn1. The summed E-state index contributed by atoms with van der Waals surface area (Å²) >= 11 is 0. The molecule has 0 radical (unpaired) electrons. The topological polar surface area (TPSA) is 73.0 Å². The van der Waals surface area contributed by atoms with Gasteiger partial charge >= 0.3 is 0 Å². The van der Waals surface area contributed by atoms with E-state index in [0.29, 0.717) is 18.1 Å². The van der Waals surface area contributed by atoms with Gasteiger partial charge in [-0.3, -0.25) is 0 Å². The van der Waals surface area contributed by atoms with Crippen LogP contribution in [0.15, 0.2) is 12.4 Å². The third-order valence-corrected chi connectivity index (χ3v) is 3.21. The van der Waals surface area contributed by atoms with Crippen LogP contribution < -0.4 is 4.90 Å². The molecule has 0 saturated heterocycles. The van der Waals surface area contributed by atoms with Crippen molar-refractivity contribution in [3.8, 4) is 6.07 Å². The van der Waals surface area contributed by atoms with Crippen LogP contribution in [0.2, 0.25) is 0 Å². The molecule has 17 heavy (non-hydrogen) atoms. The first-order valence-electron chi connectivity index (χ1n) is 5.79. The van der Waals surface area contributed by atoms with Crippen LogP contribution >= 0.6 is 0 Å². The van der Waals surface area contributed by atoms with Crippen molar-refractivity contribution in [1.82, 2.24) is 9.97 Å². The summed E-state index contributed by atoms with van der Waals surface area (Å²) in [6.45, 7) is 0.563. The van der Waals surface area contributed by atoms with Crippen LogP contribution in [-0.2, 0) is 0 Å². The van der Waals surface area contributed by atoms with Crippen molar-refractivity contribution in [1.29, 1.82) is 5.26 Å². The van der Waals surface area contributed by atoms with E-state index in [1.807, 2.05) is 18.0 Å². The van der Waals surface area contributed by atoms with Crippen molar-refractivity contribution in [3.63, 3.8) is 0 Å². The van der Waals surface area contributed by atoms with E-state index in [9.17, 15) is 5.11 Å². The van der Waals surface area contributed by atoms with Gasteiger partial charge in [-0.1, -0.05) is 12.8 Å². The summed E-state index contributed by atoms with van der Waals surface area (Å²) in [5, 5.41) is 18.9. The van der Waals surface area contributed by atoms with Gasteiger partial charge in [0.05, 0.1) is 18.0 Å². The fraction of sp³-hybridized carbons (Fsp3) is 0.583. The summed E-state index contributed by atoms with van der Waals surface area (Å²) in [4.78, 5) is 10.0. The average molecular weight is 232 g/mol. The largest absolute Gasteiger partial charge is 0.388 e. The number of anilines is 1. The molecule has 0 amide bonds. The molecule has 5 nitrogen and oxygen atoms in total. The lowest BCUT2D eigenvalue weighted by molar-refractivity contribution is 0.0558. The normalized spacial score (nSPS) is 17.7. The van der Waals surface area contributed by atoms with Crippen LogP contribution in [0.1, 0.15) is 31.4 Å². The van der Waals surface area contributed by atoms with Crippen molar-refractivity contribution in [3.05, 3.63) is 18.1 Å². The molecular weight excluding hydrogens is 216 g/mol. The zero-order chi connectivity index (χ0) is 12.3. The Morgan fingerprint density at radius 1 is 1.41 bits per heavy atom. The van der Waals surface area contributed by atoms with E-state index in [1.165, 1.54) is 6.20 Å². The monoisotopic (exact) mass is 232 g/mol. The Morgan fingerprint density at radius 2 is 2.12 bits per heavy atom. The molecule has 0 aromatic carbocycles. The average Bonchev–Trinajstić information content (AvgIpc) is 2.76. The molecule has 1 aliphatic rings. The zero-order valence-corrected chi connectivity index (χ0v) is 9.93. The van der Waals surface area contributed by atoms with Crippen LogP contribution in [0.3, 0.4) is 0 Å². The van der Waals surface area contributed by atoms with Crippen LogP contribution in [-0.4, -0.2) is 34.3 Å². The number of rotatable bonds is 3. The first kappa shape index (κ1) is 11.8. The smallest absolute Gasteiger partial charge is 0.158 e. The first-order valence-corrected chi connectivity index (χ1v) is 5.79. The predicted octanol–water partition coefficient (Wildman–Crippen LogP) is 1.09. The molecule has 2 rings (SSSR count). The van der Waals surface area contributed by atoms with E-state index in [0.717, 1.165) is 25.7 Å². The second-order valence-corrected chi connectivity index (χ2v) is 4.66. The molecule has 0 spiro atoms. The van der Waals surface area contributed by atoms with Gasteiger partial charge in [-0.15, -0.1) is 0 Å². The summed E-state index contributed by atoms with van der Waals surface area (Å²) in [6, 6.07) is 1.93. The van der Waals surface area contributed by atoms with Crippen molar-refractivity contribution < 1.29 is 5.11 Å². The Bertz CT molecular complexity index is 417. The van der Waals surface area contributed by atoms with Gasteiger partial charge in [-0.05, 0) is 12.8 Å². The van der Waals surface area contributed by atoms with Gasteiger partial charge < -0.3 is 10.0 Å². The highest BCUT2D eigenvalue weighted by atomic mass is 16.3. The molecule has 1 fully saturated rings. The number of aromatic nitrogens is 2. The molecule has 0 bridgehead atoms. The van der Waals surface area contributed by atoms with E-state index in [-0.39, 0.29) is 0 Å². The number of nitriles is 1. The minimum absolute atomic E-state index is 0.307. The molecule has 1 aromatic heterocycles. The molecule has 1 heterocycles. The minimum atomic E-state index is -0.593. The molecule has 0 unspecified atom stereocenters. The summed E-state index contributed by atoms with van der Waals surface area (Å²) in [5.74, 6) is 0.685. The molecule has 1 aromatic rings.